The number of aromatic nitrogens is 3. The van der Waals surface area contributed by atoms with Gasteiger partial charge in [-0.2, -0.15) is 9.78 Å². The van der Waals surface area contributed by atoms with Crippen LogP contribution < -0.4 is 5.32 Å². The second-order valence-electron chi connectivity index (χ2n) is 7.17. The van der Waals surface area contributed by atoms with Crippen molar-refractivity contribution in [1.82, 2.24) is 14.8 Å². The fraction of sp³-hybridized carbons (Fsp3) is 0.190. The summed E-state index contributed by atoms with van der Waals surface area (Å²) in [6.07, 6.45) is -0.0452. The van der Waals surface area contributed by atoms with Gasteiger partial charge in [0.2, 0.25) is 11.0 Å². The predicted octanol–water partition coefficient (Wildman–Crippen LogP) is 4.85. The molecule has 2 aromatic carbocycles. The minimum absolute atomic E-state index is 0.0452. The number of anilines is 1. The van der Waals surface area contributed by atoms with Gasteiger partial charge in [0, 0.05) is 23.5 Å². The van der Waals surface area contributed by atoms with Gasteiger partial charge in [0.15, 0.2) is 0 Å². The van der Waals surface area contributed by atoms with Gasteiger partial charge < -0.3 is 5.32 Å². The Morgan fingerprint density at radius 2 is 1.90 bits per heavy atom. The molecule has 1 atom stereocenters. The van der Waals surface area contributed by atoms with E-state index < -0.39 is 17.6 Å². The second-order valence-corrected chi connectivity index (χ2v) is 8.18. The molecule has 5 nitrogen and oxygen atoms in total. The molecule has 0 unspecified atom stereocenters. The molecule has 0 saturated carbocycles. The van der Waals surface area contributed by atoms with Crippen LogP contribution in [0.25, 0.3) is 15.3 Å². The normalized spacial score (nSPS) is 16.1. The summed E-state index contributed by atoms with van der Waals surface area (Å²) in [5, 5.41) is 7.97. The highest BCUT2D eigenvalue weighted by atomic mass is 32.1. The summed E-state index contributed by atoms with van der Waals surface area (Å²) in [5.41, 5.74) is 3.06. The number of benzene rings is 2. The molecule has 1 amide bonds. The molecule has 0 aliphatic carbocycles. The number of rotatable bonds is 2. The molecule has 0 spiro atoms. The molecular weight excluding hydrogens is 394 g/mol. The number of halogens is 2. The van der Waals surface area contributed by atoms with Crippen LogP contribution in [0.5, 0.6) is 0 Å². The van der Waals surface area contributed by atoms with E-state index in [9.17, 15) is 13.6 Å². The lowest BCUT2D eigenvalue weighted by molar-refractivity contribution is -0.116. The van der Waals surface area contributed by atoms with Crippen LogP contribution in [0.15, 0.2) is 36.4 Å². The largest absolute Gasteiger partial charge is 0.310 e. The van der Waals surface area contributed by atoms with Crippen molar-refractivity contribution in [2.24, 2.45) is 0 Å². The van der Waals surface area contributed by atoms with Gasteiger partial charge in [-0.05, 0) is 43.7 Å². The molecule has 3 heterocycles. The van der Waals surface area contributed by atoms with E-state index in [1.165, 1.54) is 29.5 Å². The average Bonchev–Trinajstić information content (AvgIpc) is 3.22. The van der Waals surface area contributed by atoms with E-state index in [4.69, 9.17) is 0 Å². The van der Waals surface area contributed by atoms with Gasteiger partial charge in [-0.1, -0.05) is 23.5 Å². The first-order chi connectivity index (χ1) is 13.9. The van der Waals surface area contributed by atoms with Crippen LogP contribution in [-0.2, 0) is 4.79 Å². The zero-order valence-corrected chi connectivity index (χ0v) is 16.5. The van der Waals surface area contributed by atoms with Crippen molar-refractivity contribution in [1.29, 1.82) is 0 Å². The highest BCUT2D eigenvalue weighted by Gasteiger charge is 2.36. The van der Waals surface area contributed by atoms with Crippen LogP contribution in [0.4, 0.5) is 14.6 Å². The minimum atomic E-state index is -0.745. The average molecular weight is 410 g/mol. The van der Waals surface area contributed by atoms with Gasteiger partial charge in [0.05, 0.1) is 15.9 Å². The number of carbonyl (C=O) groups is 1. The zero-order valence-electron chi connectivity index (χ0n) is 15.7. The maximum Gasteiger partial charge on any atom is 0.226 e. The zero-order chi connectivity index (χ0) is 20.3. The number of fused-ring (bicyclic) bond motifs is 2. The summed E-state index contributed by atoms with van der Waals surface area (Å²) in [5.74, 6) is -1.98. The van der Waals surface area contributed by atoms with Crippen LogP contribution >= 0.6 is 11.3 Å². The van der Waals surface area contributed by atoms with Gasteiger partial charge in [-0.3, -0.25) is 4.79 Å². The van der Waals surface area contributed by atoms with Crippen molar-refractivity contribution in [3.63, 3.8) is 0 Å². The SMILES string of the molecule is Cc1ccc2nc(-n3nc(C)c4c3NC(=O)C[C@H]4c3c(F)cccc3F)sc2c1. The van der Waals surface area contributed by atoms with E-state index in [0.717, 1.165) is 15.8 Å². The summed E-state index contributed by atoms with van der Waals surface area (Å²) in [7, 11) is 0. The van der Waals surface area contributed by atoms with Crippen molar-refractivity contribution in [3.05, 3.63) is 70.4 Å². The van der Waals surface area contributed by atoms with Crippen molar-refractivity contribution in [2.75, 3.05) is 5.32 Å². The number of nitrogens with one attached hydrogen (secondary N) is 1. The molecule has 29 heavy (non-hydrogen) atoms. The molecule has 146 valence electrons. The third kappa shape index (κ3) is 2.82. The smallest absolute Gasteiger partial charge is 0.226 e. The summed E-state index contributed by atoms with van der Waals surface area (Å²) in [6, 6.07) is 9.69. The molecule has 0 bridgehead atoms. The quantitative estimate of drug-likeness (QED) is 0.514. The van der Waals surface area contributed by atoms with Gasteiger partial charge in [-0.25, -0.2) is 13.8 Å². The number of hydrogen-bond acceptors (Lipinski definition) is 4. The van der Waals surface area contributed by atoms with E-state index in [-0.39, 0.29) is 17.9 Å². The standard InChI is InChI=1S/C21H16F2N4OS/c1-10-6-7-15-16(8-10)29-21(24-15)27-20-18(11(2)26-27)12(9-17(28)25-20)19-13(22)4-3-5-14(19)23/h3-8,12H,9H2,1-2H3,(H,25,28)/t12-/m1/s1. The molecule has 0 saturated heterocycles. The molecule has 5 rings (SSSR count). The number of hydrogen-bond donors (Lipinski definition) is 1. The lowest BCUT2D eigenvalue weighted by atomic mass is 9.85. The van der Waals surface area contributed by atoms with Crippen molar-refractivity contribution >= 4 is 33.3 Å². The second kappa shape index (κ2) is 6.45. The summed E-state index contributed by atoms with van der Waals surface area (Å²) >= 11 is 1.45. The van der Waals surface area contributed by atoms with Crippen molar-refractivity contribution in [3.8, 4) is 5.13 Å². The summed E-state index contributed by atoms with van der Waals surface area (Å²) in [6.45, 7) is 3.78. The highest BCUT2D eigenvalue weighted by molar-refractivity contribution is 7.20. The topological polar surface area (TPSA) is 59.8 Å². The van der Waals surface area contributed by atoms with Gasteiger partial charge in [0.25, 0.3) is 0 Å². The number of thiazole rings is 1. The Bertz CT molecular complexity index is 1270. The van der Waals surface area contributed by atoms with Gasteiger partial charge in [-0.15, -0.1) is 0 Å². The third-order valence-corrected chi connectivity index (χ3v) is 6.16. The van der Waals surface area contributed by atoms with E-state index >= 15 is 0 Å². The Hall–Kier alpha value is -3.13. The minimum Gasteiger partial charge on any atom is -0.310 e. The van der Waals surface area contributed by atoms with Crippen LogP contribution in [0.2, 0.25) is 0 Å². The van der Waals surface area contributed by atoms with Gasteiger partial charge in [0.1, 0.15) is 17.5 Å². The summed E-state index contributed by atoms with van der Waals surface area (Å²) < 4.78 is 31.5. The Morgan fingerprint density at radius 1 is 1.14 bits per heavy atom. The number of aryl methyl sites for hydroxylation is 2. The lowest BCUT2D eigenvalue weighted by Gasteiger charge is -2.24. The maximum absolute atomic E-state index is 14.5. The first-order valence-corrected chi connectivity index (χ1v) is 9.95. The first kappa shape index (κ1) is 17.9. The van der Waals surface area contributed by atoms with Crippen LogP contribution in [0, 0.1) is 25.5 Å². The van der Waals surface area contributed by atoms with E-state index in [1.807, 2.05) is 25.1 Å². The monoisotopic (exact) mass is 410 g/mol. The molecule has 2 aromatic heterocycles. The molecule has 1 N–H and O–H groups in total. The van der Waals surface area contributed by atoms with E-state index in [0.29, 0.717) is 22.2 Å². The van der Waals surface area contributed by atoms with E-state index in [2.05, 4.69) is 15.4 Å². The molecule has 0 radical (unpaired) electrons. The molecule has 0 fully saturated rings. The molecular formula is C21H16F2N4OS. The Kier molecular flexibility index (Phi) is 3.99. The number of nitrogens with zero attached hydrogens (tertiary/aromatic N) is 3. The predicted molar refractivity (Wildman–Crippen MR) is 108 cm³/mol. The fourth-order valence-corrected chi connectivity index (χ4v) is 4.91. The highest BCUT2D eigenvalue weighted by Crippen LogP contribution is 2.42. The Balaban J connectivity index is 1.71. The van der Waals surface area contributed by atoms with Crippen molar-refractivity contribution in [2.45, 2.75) is 26.2 Å². The van der Waals surface area contributed by atoms with Crippen LogP contribution in [0.1, 0.15) is 34.7 Å². The molecule has 4 aromatic rings. The van der Waals surface area contributed by atoms with Crippen LogP contribution in [0.3, 0.4) is 0 Å². The third-order valence-electron chi connectivity index (χ3n) is 5.16. The summed E-state index contributed by atoms with van der Waals surface area (Å²) in [4.78, 5) is 17.1. The van der Waals surface area contributed by atoms with Crippen molar-refractivity contribution < 1.29 is 13.6 Å². The molecule has 1 aliphatic heterocycles. The van der Waals surface area contributed by atoms with E-state index in [1.54, 1.807) is 11.6 Å². The molecule has 8 heteroatoms. The van der Waals surface area contributed by atoms with Gasteiger partial charge >= 0.3 is 0 Å². The Labute approximate surface area is 169 Å². The Morgan fingerprint density at radius 3 is 2.66 bits per heavy atom. The number of amides is 1. The lowest BCUT2D eigenvalue weighted by Crippen LogP contribution is -2.26. The maximum atomic E-state index is 14.5. The van der Waals surface area contributed by atoms with Crippen LogP contribution in [-0.4, -0.2) is 20.7 Å². The first-order valence-electron chi connectivity index (χ1n) is 9.13. The molecule has 1 aliphatic rings. The fourth-order valence-electron chi connectivity index (χ4n) is 3.89. The number of carbonyl (C=O) groups excluding carboxylic acids is 1.